The van der Waals surface area contributed by atoms with E-state index in [4.69, 9.17) is 0 Å². The summed E-state index contributed by atoms with van der Waals surface area (Å²) < 4.78 is 1.86. The van der Waals surface area contributed by atoms with E-state index in [0.717, 1.165) is 18.8 Å². The highest BCUT2D eigenvalue weighted by Gasteiger charge is 2.11. The van der Waals surface area contributed by atoms with Crippen molar-refractivity contribution in [3.63, 3.8) is 0 Å². The van der Waals surface area contributed by atoms with Crippen molar-refractivity contribution in [3.8, 4) is 0 Å². The summed E-state index contributed by atoms with van der Waals surface area (Å²) in [5.41, 5.74) is 0.0487. The first-order valence-electron chi connectivity index (χ1n) is 4.69. The van der Waals surface area contributed by atoms with Gasteiger partial charge in [-0.2, -0.15) is 0 Å². The van der Waals surface area contributed by atoms with Gasteiger partial charge in [0.2, 0.25) is 0 Å². The number of nitrogens with zero attached hydrogens (tertiary/aromatic N) is 3. The van der Waals surface area contributed by atoms with Gasteiger partial charge in [-0.1, -0.05) is 12.1 Å². The summed E-state index contributed by atoms with van der Waals surface area (Å²) in [7, 11) is 0. The Bertz CT molecular complexity index is 259. The molecule has 0 fully saturated rings. The van der Waals surface area contributed by atoms with Crippen molar-refractivity contribution in [2.24, 2.45) is 0 Å². The Balaban J connectivity index is 2.59. The first-order valence-corrected chi connectivity index (χ1v) is 4.69. The van der Waals surface area contributed by atoms with Crippen LogP contribution in [0.2, 0.25) is 0 Å². The molecule has 1 heterocycles. The van der Waals surface area contributed by atoms with Crippen LogP contribution in [-0.2, 0) is 6.54 Å². The summed E-state index contributed by atoms with van der Waals surface area (Å²) in [5.74, 6) is 0.848. The van der Waals surface area contributed by atoms with Crippen LogP contribution in [0.15, 0.2) is 6.20 Å². The van der Waals surface area contributed by atoms with E-state index >= 15 is 0 Å². The van der Waals surface area contributed by atoms with Crippen LogP contribution >= 0.6 is 0 Å². The lowest BCUT2D eigenvalue weighted by atomic mass is 10.1. The molecule has 4 heteroatoms. The largest absolute Gasteiger partial charge is 0.363 e. The van der Waals surface area contributed by atoms with Gasteiger partial charge >= 0.3 is 0 Å². The van der Waals surface area contributed by atoms with Gasteiger partial charge in [-0.15, -0.1) is 5.10 Å². The average molecular weight is 182 g/mol. The van der Waals surface area contributed by atoms with Crippen molar-refractivity contribution in [2.75, 3.05) is 5.32 Å². The second-order valence-corrected chi connectivity index (χ2v) is 4.24. The minimum Gasteiger partial charge on any atom is -0.363 e. The molecule has 0 aliphatic rings. The molecule has 13 heavy (non-hydrogen) atoms. The van der Waals surface area contributed by atoms with Gasteiger partial charge in [0.05, 0.1) is 6.20 Å². The molecule has 1 N–H and O–H groups in total. The van der Waals surface area contributed by atoms with E-state index in [0.29, 0.717) is 0 Å². The van der Waals surface area contributed by atoms with Crippen LogP contribution in [-0.4, -0.2) is 20.5 Å². The van der Waals surface area contributed by atoms with Gasteiger partial charge in [0, 0.05) is 12.1 Å². The van der Waals surface area contributed by atoms with Crippen LogP contribution in [0, 0.1) is 0 Å². The van der Waals surface area contributed by atoms with Crippen LogP contribution in [0.25, 0.3) is 0 Å². The van der Waals surface area contributed by atoms with Gasteiger partial charge in [-0.3, -0.25) is 4.68 Å². The molecule has 0 spiro atoms. The van der Waals surface area contributed by atoms with Gasteiger partial charge in [0.1, 0.15) is 0 Å². The Morgan fingerprint density at radius 2 is 2.15 bits per heavy atom. The lowest BCUT2D eigenvalue weighted by Crippen LogP contribution is -2.26. The molecule has 0 saturated heterocycles. The highest BCUT2D eigenvalue weighted by Crippen LogP contribution is 2.10. The topological polar surface area (TPSA) is 42.7 Å². The average Bonchev–Trinajstić information content (AvgIpc) is 2.33. The fourth-order valence-corrected chi connectivity index (χ4v) is 1.08. The van der Waals surface area contributed by atoms with Crippen molar-refractivity contribution in [3.05, 3.63) is 6.20 Å². The molecule has 0 aromatic carbocycles. The molecule has 0 unspecified atom stereocenters. The fourth-order valence-electron chi connectivity index (χ4n) is 1.08. The second kappa shape index (κ2) is 3.77. The number of hydrogen-bond donors (Lipinski definition) is 1. The molecule has 0 atom stereocenters. The minimum atomic E-state index is 0.0487. The highest BCUT2D eigenvalue weighted by molar-refractivity contribution is 5.32. The molecule has 0 aliphatic carbocycles. The molecule has 1 rings (SSSR count). The maximum Gasteiger partial charge on any atom is 0.168 e. The summed E-state index contributed by atoms with van der Waals surface area (Å²) >= 11 is 0. The van der Waals surface area contributed by atoms with Crippen molar-refractivity contribution < 1.29 is 0 Å². The maximum atomic E-state index is 4.02. The van der Waals surface area contributed by atoms with E-state index in [-0.39, 0.29) is 5.54 Å². The number of hydrogen-bond acceptors (Lipinski definition) is 3. The Morgan fingerprint density at radius 1 is 1.46 bits per heavy atom. The zero-order valence-corrected chi connectivity index (χ0v) is 8.83. The van der Waals surface area contributed by atoms with Crippen LogP contribution in [0.5, 0.6) is 0 Å². The standard InChI is InChI=1S/C9H18N4/c1-5-6-13-7-8(11-12-13)10-9(2,3)4/h7,10H,5-6H2,1-4H3. The Hall–Kier alpha value is -1.06. The van der Waals surface area contributed by atoms with Crippen LogP contribution in [0.4, 0.5) is 5.82 Å². The first kappa shape index (κ1) is 10.0. The third-order valence-electron chi connectivity index (χ3n) is 1.49. The van der Waals surface area contributed by atoms with E-state index in [9.17, 15) is 0 Å². The predicted molar refractivity (Wildman–Crippen MR) is 53.7 cm³/mol. The predicted octanol–water partition coefficient (Wildman–Crippen LogP) is 1.90. The summed E-state index contributed by atoms with van der Waals surface area (Å²) in [6, 6.07) is 0. The highest BCUT2D eigenvalue weighted by atomic mass is 15.4. The van der Waals surface area contributed by atoms with E-state index in [2.05, 4.69) is 43.3 Å². The number of aryl methyl sites for hydroxylation is 1. The van der Waals surface area contributed by atoms with Gasteiger partial charge in [0.15, 0.2) is 5.82 Å². The van der Waals surface area contributed by atoms with E-state index in [1.54, 1.807) is 0 Å². The molecule has 1 aromatic rings. The molecular weight excluding hydrogens is 164 g/mol. The van der Waals surface area contributed by atoms with Crippen molar-refractivity contribution in [1.29, 1.82) is 0 Å². The van der Waals surface area contributed by atoms with Crippen LogP contribution < -0.4 is 5.32 Å². The fraction of sp³-hybridized carbons (Fsp3) is 0.778. The lowest BCUT2D eigenvalue weighted by molar-refractivity contribution is 0.579. The molecular formula is C9H18N4. The lowest BCUT2D eigenvalue weighted by Gasteiger charge is -2.19. The third-order valence-corrected chi connectivity index (χ3v) is 1.49. The molecule has 4 nitrogen and oxygen atoms in total. The van der Waals surface area contributed by atoms with Crippen molar-refractivity contribution >= 4 is 5.82 Å². The smallest absolute Gasteiger partial charge is 0.168 e. The molecule has 0 aliphatic heterocycles. The maximum absolute atomic E-state index is 4.02. The summed E-state index contributed by atoms with van der Waals surface area (Å²) in [5, 5.41) is 11.3. The SMILES string of the molecule is CCCn1cc(NC(C)(C)C)nn1. The molecule has 0 bridgehead atoms. The van der Waals surface area contributed by atoms with E-state index < -0.39 is 0 Å². The molecule has 0 saturated carbocycles. The second-order valence-electron chi connectivity index (χ2n) is 4.24. The van der Waals surface area contributed by atoms with E-state index in [1.165, 1.54) is 0 Å². The quantitative estimate of drug-likeness (QED) is 0.776. The third kappa shape index (κ3) is 3.44. The Morgan fingerprint density at radius 3 is 2.69 bits per heavy atom. The molecule has 74 valence electrons. The minimum absolute atomic E-state index is 0.0487. The molecule has 1 aromatic heterocycles. The monoisotopic (exact) mass is 182 g/mol. The van der Waals surface area contributed by atoms with Gasteiger partial charge in [-0.05, 0) is 27.2 Å². The number of nitrogens with one attached hydrogen (secondary N) is 1. The van der Waals surface area contributed by atoms with Crippen LogP contribution in [0.1, 0.15) is 34.1 Å². The van der Waals surface area contributed by atoms with E-state index in [1.807, 2.05) is 10.9 Å². The summed E-state index contributed by atoms with van der Waals surface area (Å²) in [6.45, 7) is 9.36. The zero-order chi connectivity index (χ0) is 9.90. The zero-order valence-electron chi connectivity index (χ0n) is 8.83. The molecule has 0 amide bonds. The summed E-state index contributed by atoms with van der Waals surface area (Å²) in [4.78, 5) is 0. The van der Waals surface area contributed by atoms with Crippen molar-refractivity contribution in [2.45, 2.75) is 46.2 Å². The molecule has 0 radical (unpaired) electrons. The first-order chi connectivity index (χ1) is 6.01. The van der Waals surface area contributed by atoms with Crippen LogP contribution in [0.3, 0.4) is 0 Å². The van der Waals surface area contributed by atoms with Crippen molar-refractivity contribution in [1.82, 2.24) is 15.0 Å². The Kier molecular flexibility index (Phi) is 2.90. The summed E-state index contributed by atoms with van der Waals surface area (Å²) in [6.07, 6.45) is 3.02. The normalized spacial score (nSPS) is 11.7. The Labute approximate surface area is 79.3 Å². The number of aromatic nitrogens is 3. The van der Waals surface area contributed by atoms with Gasteiger partial charge in [0.25, 0.3) is 0 Å². The van der Waals surface area contributed by atoms with Gasteiger partial charge < -0.3 is 5.32 Å². The van der Waals surface area contributed by atoms with Gasteiger partial charge in [-0.25, -0.2) is 0 Å². The number of anilines is 1. The number of rotatable bonds is 3.